The van der Waals surface area contributed by atoms with Gasteiger partial charge in [-0.25, -0.2) is 4.98 Å². The van der Waals surface area contributed by atoms with Crippen molar-refractivity contribution < 1.29 is 4.79 Å². The molecular formula is C17H27N3O. The molecule has 21 heavy (non-hydrogen) atoms. The molecule has 1 aromatic rings. The molecule has 4 nitrogen and oxygen atoms in total. The second-order valence-corrected chi connectivity index (χ2v) is 6.08. The normalized spacial score (nSPS) is 21.9. The third kappa shape index (κ3) is 3.55. The molecule has 0 saturated heterocycles. The molecule has 1 aromatic heterocycles. The predicted octanol–water partition coefficient (Wildman–Crippen LogP) is 3.34. The predicted molar refractivity (Wildman–Crippen MR) is 86.7 cm³/mol. The van der Waals surface area contributed by atoms with Crippen molar-refractivity contribution in [1.82, 2.24) is 9.88 Å². The van der Waals surface area contributed by atoms with Crippen molar-refractivity contribution in [3.05, 3.63) is 23.4 Å². The van der Waals surface area contributed by atoms with Crippen LogP contribution < -0.4 is 5.32 Å². The van der Waals surface area contributed by atoms with E-state index in [1.165, 1.54) is 19.3 Å². The van der Waals surface area contributed by atoms with E-state index >= 15 is 0 Å². The van der Waals surface area contributed by atoms with Crippen LogP contribution in [0.2, 0.25) is 0 Å². The quantitative estimate of drug-likeness (QED) is 0.924. The molecule has 0 bridgehead atoms. The minimum absolute atomic E-state index is 0.113. The van der Waals surface area contributed by atoms with Crippen LogP contribution in [0.1, 0.15) is 55.6 Å². The summed E-state index contributed by atoms with van der Waals surface area (Å²) in [7, 11) is 3.78. The maximum absolute atomic E-state index is 12.8. The van der Waals surface area contributed by atoms with Crippen LogP contribution in [0.25, 0.3) is 0 Å². The van der Waals surface area contributed by atoms with E-state index in [1.54, 1.807) is 0 Å². The van der Waals surface area contributed by atoms with Gasteiger partial charge < -0.3 is 10.2 Å². The molecule has 1 fully saturated rings. The molecule has 0 radical (unpaired) electrons. The van der Waals surface area contributed by atoms with Gasteiger partial charge in [-0.3, -0.25) is 4.79 Å². The zero-order valence-electron chi connectivity index (χ0n) is 13.6. The summed E-state index contributed by atoms with van der Waals surface area (Å²) in [5.74, 6) is 1.47. The Morgan fingerprint density at radius 1 is 1.38 bits per heavy atom. The van der Waals surface area contributed by atoms with Crippen LogP contribution in [0.15, 0.2) is 12.1 Å². The number of aromatic nitrogens is 1. The molecule has 2 rings (SSSR count). The van der Waals surface area contributed by atoms with Crippen LogP contribution in [0.4, 0.5) is 5.82 Å². The number of pyridine rings is 1. The minimum atomic E-state index is 0.113. The van der Waals surface area contributed by atoms with Gasteiger partial charge in [0.05, 0.1) is 0 Å². The average molecular weight is 289 g/mol. The molecule has 4 heteroatoms. The first kappa shape index (κ1) is 15.8. The van der Waals surface area contributed by atoms with Crippen molar-refractivity contribution >= 4 is 11.7 Å². The van der Waals surface area contributed by atoms with E-state index in [4.69, 9.17) is 0 Å². The molecule has 1 N–H and O–H groups in total. The van der Waals surface area contributed by atoms with Gasteiger partial charge in [0.2, 0.25) is 0 Å². The number of carbonyl (C=O) groups excluding carboxylic acids is 1. The molecule has 2 atom stereocenters. The number of amides is 1. The first-order valence-electron chi connectivity index (χ1n) is 8.02. The Morgan fingerprint density at radius 3 is 2.71 bits per heavy atom. The molecule has 1 amide bonds. The molecule has 0 aromatic carbocycles. The standard InChI is InChI=1S/C17H27N3O/c1-5-14-10-13(11-16(18-3)19-14)17(21)20(4)15-9-7-6-8-12(15)2/h10-12,15H,5-9H2,1-4H3,(H,18,19). The minimum Gasteiger partial charge on any atom is -0.373 e. The third-order valence-corrected chi connectivity index (χ3v) is 4.63. The summed E-state index contributed by atoms with van der Waals surface area (Å²) < 4.78 is 0. The van der Waals surface area contributed by atoms with Crippen LogP contribution in [0, 0.1) is 5.92 Å². The molecule has 1 saturated carbocycles. The van der Waals surface area contributed by atoms with Crippen molar-refractivity contribution in [2.75, 3.05) is 19.4 Å². The molecule has 1 aliphatic carbocycles. The number of aryl methyl sites for hydroxylation is 1. The fourth-order valence-electron chi connectivity index (χ4n) is 3.25. The monoisotopic (exact) mass is 289 g/mol. The highest BCUT2D eigenvalue weighted by Crippen LogP contribution is 2.28. The summed E-state index contributed by atoms with van der Waals surface area (Å²) in [6.07, 6.45) is 5.69. The number of carbonyl (C=O) groups is 1. The Hall–Kier alpha value is -1.58. The number of hydrogen-bond donors (Lipinski definition) is 1. The number of nitrogens with one attached hydrogen (secondary N) is 1. The van der Waals surface area contributed by atoms with Gasteiger partial charge >= 0.3 is 0 Å². The SMILES string of the molecule is CCc1cc(C(=O)N(C)C2CCCCC2C)cc(NC)n1. The second-order valence-electron chi connectivity index (χ2n) is 6.08. The molecule has 2 unspecified atom stereocenters. The summed E-state index contributed by atoms with van der Waals surface area (Å²) in [5, 5.41) is 3.04. The summed E-state index contributed by atoms with van der Waals surface area (Å²) in [6, 6.07) is 4.14. The van der Waals surface area contributed by atoms with Crippen molar-refractivity contribution in [3.63, 3.8) is 0 Å². The maximum atomic E-state index is 12.8. The van der Waals surface area contributed by atoms with Crippen LogP contribution in [0.3, 0.4) is 0 Å². The number of hydrogen-bond acceptors (Lipinski definition) is 3. The topological polar surface area (TPSA) is 45.2 Å². The Balaban J connectivity index is 2.22. The first-order chi connectivity index (χ1) is 10.1. The molecule has 1 aliphatic rings. The van der Waals surface area contributed by atoms with Crippen LogP contribution in [0.5, 0.6) is 0 Å². The lowest BCUT2D eigenvalue weighted by atomic mass is 9.85. The Kier molecular flexibility index (Phi) is 5.21. The summed E-state index contributed by atoms with van der Waals surface area (Å²) in [5.41, 5.74) is 1.70. The highest BCUT2D eigenvalue weighted by molar-refractivity contribution is 5.95. The highest BCUT2D eigenvalue weighted by atomic mass is 16.2. The molecule has 0 spiro atoms. The lowest BCUT2D eigenvalue weighted by Crippen LogP contribution is -2.42. The van der Waals surface area contributed by atoms with Gasteiger partial charge in [0.1, 0.15) is 5.82 Å². The van der Waals surface area contributed by atoms with E-state index in [-0.39, 0.29) is 5.91 Å². The zero-order valence-corrected chi connectivity index (χ0v) is 13.6. The van der Waals surface area contributed by atoms with Crippen molar-refractivity contribution in [2.24, 2.45) is 5.92 Å². The van der Waals surface area contributed by atoms with Gasteiger partial charge in [-0.05, 0) is 37.3 Å². The van der Waals surface area contributed by atoms with Crippen LogP contribution in [-0.2, 0) is 6.42 Å². The Bertz CT molecular complexity index is 479. The molecule has 1 heterocycles. The molecule has 0 aliphatic heterocycles. The van der Waals surface area contributed by atoms with Crippen molar-refractivity contribution in [2.45, 2.75) is 52.0 Å². The average Bonchev–Trinajstić information content (AvgIpc) is 2.53. The van der Waals surface area contributed by atoms with Crippen LogP contribution >= 0.6 is 0 Å². The van der Waals surface area contributed by atoms with E-state index in [1.807, 2.05) is 31.1 Å². The summed E-state index contributed by atoms with van der Waals surface area (Å²) in [6.45, 7) is 4.32. The maximum Gasteiger partial charge on any atom is 0.254 e. The van der Waals surface area contributed by atoms with Crippen molar-refractivity contribution in [3.8, 4) is 0 Å². The fourth-order valence-corrected chi connectivity index (χ4v) is 3.25. The highest BCUT2D eigenvalue weighted by Gasteiger charge is 2.28. The molecular weight excluding hydrogens is 262 g/mol. The first-order valence-corrected chi connectivity index (χ1v) is 8.02. The smallest absolute Gasteiger partial charge is 0.254 e. The summed E-state index contributed by atoms with van der Waals surface area (Å²) in [4.78, 5) is 19.2. The van der Waals surface area contributed by atoms with Gasteiger partial charge in [-0.2, -0.15) is 0 Å². The Labute approximate surface area is 127 Å². The number of nitrogens with zero attached hydrogens (tertiary/aromatic N) is 2. The van der Waals surface area contributed by atoms with Crippen LogP contribution in [-0.4, -0.2) is 35.9 Å². The second kappa shape index (κ2) is 6.92. The van der Waals surface area contributed by atoms with E-state index in [9.17, 15) is 4.79 Å². The fraction of sp³-hybridized carbons (Fsp3) is 0.647. The zero-order chi connectivity index (χ0) is 15.4. The molecule has 116 valence electrons. The van der Waals surface area contributed by atoms with E-state index in [2.05, 4.69) is 24.1 Å². The van der Waals surface area contributed by atoms with Gasteiger partial charge in [-0.15, -0.1) is 0 Å². The van der Waals surface area contributed by atoms with Gasteiger partial charge in [0.15, 0.2) is 0 Å². The lowest BCUT2D eigenvalue weighted by molar-refractivity contribution is 0.0629. The third-order valence-electron chi connectivity index (χ3n) is 4.63. The number of anilines is 1. The van der Waals surface area contributed by atoms with Gasteiger partial charge in [-0.1, -0.05) is 26.7 Å². The van der Waals surface area contributed by atoms with Gasteiger partial charge in [0, 0.05) is 31.4 Å². The van der Waals surface area contributed by atoms with E-state index < -0.39 is 0 Å². The van der Waals surface area contributed by atoms with E-state index in [0.29, 0.717) is 12.0 Å². The Morgan fingerprint density at radius 2 is 2.10 bits per heavy atom. The van der Waals surface area contributed by atoms with Gasteiger partial charge in [0.25, 0.3) is 5.91 Å². The number of rotatable bonds is 4. The van der Waals surface area contributed by atoms with E-state index in [0.717, 1.165) is 29.9 Å². The van der Waals surface area contributed by atoms with Crippen molar-refractivity contribution in [1.29, 1.82) is 0 Å². The lowest BCUT2D eigenvalue weighted by Gasteiger charge is -2.36. The largest absolute Gasteiger partial charge is 0.373 e. The summed E-state index contributed by atoms with van der Waals surface area (Å²) >= 11 is 0.